The van der Waals surface area contributed by atoms with Crippen molar-refractivity contribution in [1.29, 1.82) is 5.26 Å². The molecule has 4 nitrogen and oxygen atoms in total. The number of anilines is 1. The lowest BCUT2D eigenvalue weighted by Crippen LogP contribution is -2.40. The van der Waals surface area contributed by atoms with Crippen molar-refractivity contribution in [2.45, 2.75) is 31.7 Å². The Balaban J connectivity index is 1.18. The number of benzene rings is 4. The van der Waals surface area contributed by atoms with Gasteiger partial charge in [-0.05, 0) is 91.5 Å². The van der Waals surface area contributed by atoms with Gasteiger partial charge in [0.15, 0.2) is 0 Å². The zero-order chi connectivity index (χ0) is 31.1. The lowest BCUT2D eigenvalue weighted by molar-refractivity contribution is 0.510. The van der Waals surface area contributed by atoms with Gasteiger partial charge in [0, 0.05) is 38.7 Å². The number of furan rings is 1. The molecule has 0 saturated heterocycles. The van der Waals surface area contributed by atoms with Gasteiger partial charge in [-0.2, -0.15) is 5.26 Å². The highest BCUT2D eigenvalue weighted by Crippen LogP contribution is 2.47. The number of hydrogen-bond acceptors (Lipinski definition) is 3. The Labute approximate surface area is 272 Å². The van der Waals surface area contributed by atoms with Gasteiger partial charge in [0.25, 0.3) is 0 Å². The molecule has 2 aromatic heterocycles. The van der Waals surface area contributed by atoms with E-state index < -0.39 is 0 Å². The van der Waals surface area contributed by atoms with Crippen LogP contribution in [-0.4, -0.2) is 10.6 Å². The highest BCUT2D eigenvalue weighted by atomic mass is 16.3. The summed E-state index contributed by atoms with van der Waals surface area (Å²) in [6.45, 7) is 0. The van der Waals surface area contributed by atoms with Crippen molar-refractivity contribution < 1.29 is 4.42 Å². The van der Waals surface area contributed by atoms with Crippen LogP contribution in [0.5, 0.6) is 0 Å². The summed E-state index contributed by atoms with van der Waals surface area (Å²) in [5, 5.41) is 14.2. The minimum Gasteiger partial charge on any atom is -0.457 e. The maximum absolute atomic E-state index is 10.5. The first kappa shape index (κ1) is 26.4. The van der Waals surface area contributed by atoms with Gasteiger partial charge >= 0.3 is 0 Å². The van der Waals surface area contributed by atoms with Crippen molar-refractivity contribution in [2.75, 3.05) is 4.90 Å². The molecule has 47 heavy (non-hydrogen) atoms. The zero-order valence-corrected chi connectivity index (χ0v) is 25.9. The van der Waals surface area contributed by atoms with E-state index in [1.807, 2.05) is 6.07 Å². The van der Waals surface area contributed by atoms with Crippen LogP contribution in [0.1, 0.15) is 36.1 Å². The number of aromatic nitrogens is 1. The highest BCUT2D eigenvalue weighted by molar-refractivity contribution is 6.09. The molecule has 0 bridgehead atoms. The Morgan fingerprint density at radius 2 is 1.49 bits per heavy atom. The summed E-state index contributed by atoms with van der Waals surface area (Å²) in [6.07, 6.45) is 17.8. The van der Waals surface area contributed by atoms with Gasteiger partial charge in [-0.25, -0.2) is 0 Å². The van der Waals surface area contributed by atoms with E-state index in [1.54, 1.807) is 0 Å². The van der Waals surface area contributed by atoms with Crippen LogP contribution in [0, 0.1) is 17.2 Å². The minimum atomic E-state index is 0.0813. The summed E-state index contributed by atoms with van der Waals surface area (Å²) in [5.41, 5.74) is 12.3. The Morgan fingerprint density at radius 1 is 0.745 bits per heavy atom. The second kappa shape index (κ2) is 10.1. The summed E-state index contributed by atoms with van der Waals surface area (Å²) >= 11 is 0. The highest BCUT2D eigenvalue weighted by Gasteiger charge is 2.41. The van der Waals surface area contributed by atoms with Crippen molar-refractivity contribution >= 4 is 45.7 Å². The second-order valence-electron chi connectivity index (χ2n) is 13.0. The van der Waals surface area contributed by atoms with Crippen molar-refractivity contribution in [1.82, 2.24) is 4.57 Å². The third kappa shape index (κ3) is 3.81. The molecule has 3 heterocycles. The number of fused-ring (bicyclic) bond motifs is 8. The monoisotopic (exact) mass is 605 g/mol. The van der Waals surface area contributed by atoms with Gasteiger partial charge < -0.3 is 13.9 Å². The lowest BCUT2D eigenvalue weighted by atomic mass is 9.86. The van der Waals surface area contributed by atoms with Gasteiger partial charge in [0.2, 0.25) is 0 Å². The molecule has 10 rings (SSSR count). The van der Waals surface area contributed by atoms with E-state index in [2.05, 4.69) is 137 Å². The van der Waals surface area contributed by atoms with Gasteiger partial charge in [-0.15, -0.1) is 0 Å². The van der Waals surface area contributed by atoms with E-state index >= 15 is 0 Å². The Bertz CT molecular complexity index is 2510. The molecule has 0 N–H and O–H groups in total. The number of rotatable bonds is 3. The quantitative estimate of drug-likeness (QED) is 0.203. The predicted molar refractivity (Wildman–Crippen MR) is 190 cm³/mol. The average Bonchev–Trinajstić information content (AvgIpc) is 3.77. The van der Waals surface area contributed by atoms with Crippen molar-refractivity contribution in [2.24, 2.45) is 5.92 Å². The van der Waals surface area contributed by atoms with E-state index in [1.165, 1.54) is 43.9 Å². The molecule has 2 atom stereocenters. The largest absolute Gasteiger partial charge is 0.457 e. The average molecular weight is 606 g/mol. The molecule has 2 unspecified atom stereocenters. The summed E-state index contributed by atoms with van der Waals surface area (Å²) in [6, 6.07) is 34.9. The summed E-state index contributed by atoms with van der Waals surface area (Å²) < 4.78 is 8.79. The van der Waals surface area contributed by atoms with Crippen LogP contribution in [0.15, 0.2) is 125 Å². The number of allylic oxidation sites excluding steroid dienone is 3. The molecule has 0 fully saturated rings. The number of para-hydroxylation sites is 3. The predicted octanol–water partition coefficient (Wildman–Crippen LogP) is 8.56. The Morgan fingerprint density at radius 3 is 2.32 bits per heavy atom. The first-order chi connectivity index (χ1) is 23.3. The van der Waals surface area contributed by atoms with E-state index in [-0.39, 0.29) is 12.0 Å². The first-order valence-corrected chi connectivity index (χ1v) is 16.6. The van der Waals surface area contributed by atoms with Crippen LogP contribution in [0.25, 0.3) is 56.8 Å². The number of hydrogen-bond donors (Lipinski definition) is 0. The first-order valence-electron chi connectivity index (χ1n) is 16.6. The Kier molecular flexibility index (Phi) is 5.68. The molecule has 224 valence electrons. The fraction of sp³-hybridized carbons (Fsp3) is 0.140. The molecule has 1 aliphatic heterocycles. The summed E-state index contributed by atoms with van der Waals surface area (Å²) in [4.78, 5) is 2.44. The van der Waals surface area contributed by atoms with E-state index in [4.69, 9.17) is 4.42 Å². The third-order valence-electron chi connectivity index (χ3n) is 10.5. The van der Waals surface area contributed by atoms with Gasteiger partial charge in [0.05, 0.1) is 34.0 Å². The molecule has 0 spiro atoms. The van der Waals surface area contributed by atoms with Crippen LogP contribution in [0.2, 0.25) is 0 Å². The number of nitrogens with zero attached hydrogens (tertiary/aromatic N) is 3. The molecule has 0 amide bonds. The lowest BCUT2D eigenvalue weighted by Gasteiger charge is -2.31. The van der Waals surface area contributed by atoms with Crippen molar-refractivity contribution in [3.05, 3.63) is 148 Å². The molecule has 4 aromatic carbocycles. The molecular weight excluding hydrogens is 574 g/mol. The maximum Gasteiger partial charge on any atom is 0.131 e. The van der Waals surface area contributed by atoms with Crippen LogP contribution in [-0.2, 0) is 6.42 Å². The molecular formula is C43H31N3O. The SMILES string of the molecule is N#Cc1ccc(-c2ccccc2-n2c3ccccc3c3ccccc32)cc1N1C2=C(CCC=C2)C2C=c3oc4c(c3=CC21)CCC=C4. The maximum atomic E-state index is 10.5. The molecule has 3 aliphatic carbocycles. The van der Waals surface area contributed by atoms with Crippen LogP contribution < -0.4 is 15.5 Å². The molecule has 0 saturated carbocycles. The molecule has 4 aliphatic rings. The molecule has 0 radical (unpaired) electrons. The normalized spacial score (nSPS) is 19.2. The topological polar surface area (TPSA) is 45.1 Å². The molecule has 4 heteroatoms. The zero-order valence-electron chi connectivity index (χ0n) is 25.9. The fourth-order valence-corrected chi connectivity index (χ4v) is 8.49. The summed E-state index contributed by atoms with van der Waals surface area (Å²) in [7, 11) is 0. The standard InChI is InChI=1S/C43H31N3O/c44-26-28-22-21-27(29-11-1-6-16-36(29)45-37-17-7-2-12-30(37)31-13-3-8-18-38(31)45)23-40(28)46-39-19-9-4-14-32(39)34-25-43-35(24-41(34)46)33-15-5-10-20-42(33)47-43/h1-3,6-13,16-25,34,41H,4-5,14-15H2. The van der Waals surface area contributed by atoms with Crippen LogP contribution in [0.4, 0.5) is 5.69 Å². The third-order valence-corrected chi connectivity index (χ3v) is 10.5. The van der Waals surface area contributed by atoms with Crippen LogP contribution in [0.3, 0.4) is 0 Å². The van der Waals surface area contributed by atoms with Gasteiger partial charge in [0.1, 0.15) is 17.2 Å². The van der Waals surface area contributed by atoms with Gasteiger partial charge in [-0.1, -0.05) is 72.8 Å². The summed E-state index contributed by atoms with van der Waals surface area (Å²) in [5.74, 6) is 1.21. The number of nitriles is 1. The second-order valence-corrected chi connectivity index (χ2v) is 13.0. The van der Waals surface area contributed by atoms with E-state index in [0.29, 0.717) is 5.56 Å². The van der Waals surface area contributed by atoms with E-state index in [9.17, 15) is 5.26 Å². The van der Waals surface area contributed by atoms with Crippen LogP contribution >= 0.6 is 0 Å². The molecule has 6 aromatic rings. The van der Waals surface area contributed by atoms with Crippen molar-refractivity contribution in [3.63, 3.8) is 0 Å². The Hall–Kier alpha value is -5.79. The fourth-order valence-electron chi connectivity index (χ4n) is 8.49. The smallest absolute Gasteiger partial charge is 0.131 e. The van der Waals surface area contributed by atoms with Crippen molar-refractivity contribution in [3.8, 4) is 22.9 Å². The minimum absolute atomic E-state index is 0.0813. The van der Waals surface area contributed by atoms with E-state index in [0.717, 1.165) is 59.4 Å². The van der Waals surface area contributed by atoms with Gasteiger partial charge in [-0.3, -0.25) is 0 Å².